The van der Waals surface area contributed by atoms with E-state index in [1.165, 1.54) is 6.07 Å². The van der Waals surface area contributed by atoms with Crippen LogP contribution < -0.4 is 15.6 Å². The third-order valence-electron chi connectivity index (χ3n) is 4.89. The van der Waals surface area contributed by atoms with Gasteiger partial charge in [-0.2, -0.15) is 4.98 Å². The molecule has 4 rings (SSSR count). The lowest BCUT2D eigenvalue weighted by molar-refractivity contribution is 0.231. The lowest BCUT2D eigenvalue weighted by atomic mass is 10.2. The maximum absolute atomic E-state index is 14.5. The fraction of sp³-hybridized carbons (Fsp3) is 0.261. The van der Waals surface area contributed by atoms with Crippen molar-refractivity contribution < 1.29 is 9.13 Å². The van der Waals surface area contributed by atoms with Gasteiger partial charge in [0.2, 0.25) is 5.95 Å². The van der Waals surface area contributed by atoms with Gasteiger partial charge in [-0.15, -0.1) is 0 Å². The van der Waals surface area contributed by atoms with Crippen molar-refractivity contribution in [3.05, 3.63) is 75.5 Å². The first-order valence-corrected chi connectivity index (χ1v) is 10.7. The van der Waals surface area contributed by atoms with Crippen LogP contribution in [0.2, 0.25) is 5.02 Å². The molecule has 7 nitrogen and oxygen atoms in total. The second-order valence-corrected chi connectivity index (χ2v) is 8.03. The van der Waals surface area contributed by atoms with Crippen molar-refractivity contribution >= 4 is 34.4 Å². The first-order chi connectivity index (χ1) is 15.4. The quantitative estimate of drug-likeness (QED) is 0.425. The third-order valence-corrected chi connectivity index (χ3v) is 5.14. The van der Waals surface area contributed by atoms with Gasteiger partial charge in [-0.25, -0.2) is 9.37 Å². The summed E-state index contributed by atoms with van der Waals surface area (Å²) in [5.74, 6) is -0.0865. The molecule has 0 aliphatic rings. The summed E-state index contributed by atoms with van der Waals surface area (Å²) in [6.07, 6.45) is 1.47. The minimum Gasteiger partial charge on any atom is -0.488 e. The predicted molar refractivity (Wildman–Crippen MR) is 123 cm³/mol. The molecule has 0 saturated carbocycles. The summed E-state index contributed by atoms with van der Waals surface area (Å²) < 4.78 is 23.5. The Kier molecular flexibility index (Phi) is 6.14. The highest BCUT2D eigenvalue weighted by atomic mass is 35.5. The van der Waals surface area contributed by atoms with Crippen LogP contribution in [-0.4, -0.2) is 25.2 Å². The fourth-order valence-electron chi connectivity index (χ4n) is 3.41. The van der Waals surface area contributed by atoms with E-state index in [2.05, 4.69) is 15.3 Å². The third kappa shape index (κ3) is 4.45. The molecular weight excluding hydrogens is 433 g/mol. The molecule has 0 bridgehead atoms. The zero-order valence-electron chi connectivity index (χ0n) is 18.0. The number of benzene rings is 2. The molecule has 9 heteroatoms. The Labute approximate surface area is 189 Å². The van der Waals surface area contributed by atoms with E-state index in [1.807, 2.05) is 32.9 Å². The van der Waals surface area contributed by atoms with E-state index in [1.54, 1.807) is 39.7 Å². The maximum Gasteiger partial charge on any atom is 0.300 e. The molecule has 0 amide bonds. The molecule has 0 aliphatic heterocycles. The topological polar surface area (TPSA) is 74.0 Å². The van der Waals surface area contributed by atoms with E-state index in [0.717, 1.165) is 5.56 Å². The smallest absolute Gasteiger partial charge is 0.300 e. The number of ether oxygens (including phenoxy) is 1. The number of hydrogen-bond donors (Lipinski definition) is 1. The zero-order chi connectivity index (χ0) is 22.8. The van der Waals surface area contributed by atoms with Crippen LogP contribution in [0.15, 0.2) is 53.6 Å². The largest absolute Gasteiger partial charge is 0.488 e. The maximum atomic E-state index is 14.5. The van der Waals surface area contributed by atoms with Crippen molar-refractivity contribution in [1.29, 1.82) is 0 Å². The predicted octanol–water partition coefficient (Wildman–Crippen LogP) is 4.98. The molecular formula is C23H23ClFN5O2. The molecule has 0 fully saturated rings. The van der Waals surface area contributed by atoms with Gasteiger partial charge in [-0.05, 0) is 50.6 Å². The van der Waals surface area contributed by atoms with Gasteiger partial charge in [0.1, 0.15) is 0 Å². The van der Waals surface area contributed by atoms with Crippen LogP contribution in [-0.2, 0) is 13.1 Å². The lowest BCUT2D eigenvalue weighted by Gasteiger charge is -2.16. The molecule has 0 atom stereocenters. The highest BCUT2D eigenvalue weighted by Crippen LogP contribution is 2.25. The van der Waals surface area contributed by atoms with Crippen LogP contribution in [0.1, 0.15) is 26.3 Å². The minimum absolute atomic E-state index is 0.148. The highest BCUT2D eigenvalue weighted by molar-refractivity contribution is 6.30. The van der Waals surface area contributed by atoms with Crippen molar-refractivity contribution in [1.82, 2.24) is 19.1 Å². The van der Waals surface area contributed by atoms with Crippen LogP contribution in [0.5, 0.6) is 5.75 Å². The number of anilines is 2. The van der Waals surface area contributed by atoms with Gasteiger partial charge < -0.3 is 14.6 Å². The zero-order valence-corrected chi connectivity index (χ0v) is 18.7. The van der Waals surface area contributed by atoms with Gasteiger partial charge in [0.25, 0.3) is 0 Å². The van der Waals surface area contributed by atoms with Crippen LogP contribution in [0.4, 0.5) is 16.0 Å². The molecule has 2 aromatic carbocycles. The first kappa shape index (κ1) is 21.8. The fourth-order valence-corrected chi connectivity index (χ4v) is 3.54. The summed E-state index contributed by atoms with van der Waals surface area (Å²) in [6, 6.07) is 11.9. The van der Waals surface area contributed by atoms with Gasteiger partial charge in [0.05, 0.1) is 19.0 Å². The van der Waals surface area contributed by atoms with E-state index in [-0.39, 0.29) is 17.8 Å². The highest BCUT2D eigenvalue weighted by Gasteiger charge is 2.17. The molecule has 0 saturated heterocycles. The van der Waals surface area contributed by atoms with E-state index in [9.17, 15) is 9.18 Å². The summed E-state index contributed by atoms with van der Waals surface area (Å²) in [6.45, 7) is 6.57. The van der Waals surface area contributed by atoms with Crippen LogP contribution in [0.25, 0.3) is 11.2 Å². The second-order valence-electron chi connectivity index (χ2n) is 7.59. The number of aryl methyl sites for hydroxylation is 1. The molecule has 0 radical (unpaired) electrons. The number of halogens is 2. The second kappa shape index (κ2) is 9.00. The van der Waals surface area contributed by atoms with Gasteiger partial charge in [0, 0.05) is 23.3 Å². The van der Waals surface area contributed by atoms with Crippen molar-refractivity contribution in [2.75, 3.05) is 5.32 Å². The van der Waals surface area contributed by atoms with Crippen molar-refractivity contribution in [2.45, 2.75) is 40.0 Å². The molecule has 2 heterocycles. The number of nitrogens with one attached hydrogen (secondary N) is 1. The number of nitrogens with zero attached hydrogens (tertiary/aromatic N) is 4. The van der Waals surface area contributed by atoms with Gasteiger partial charge in [-0.3, -0.25) is 9.36 Å². The Bertz CT molecular complexity index is 1310. The monoisotopic (exact) mass is 455 g/mol. The Hall–Kier alpha value is -3.39. The number of rotatable bonds is 7. The standard InChI is InChI=1S/C23H23ClFN5O2/c1-4-29-13-26-21-20(29)22(31)28-23(30(21)12-15-5-7-16(24)8-6-15)27-17-9-10-19(18(25)11-17)32-14(2)3/h5-11,13-14H,4,12H2,1-3H3,(H,27,28,31). The van der Waals surface area contributed by atoms with Crippen LogP contribution in [0.3, 0.4) is 0 Å². The number of aromatic nitrogens is 4. The Morgan fingerprint density at radius 2 is 1.94 bits per heavy atom. The number of fused-ring (bicyclic) bond motifs is 1. The van der Waals surface area contributed by atoms with Gasteiger partial charge in [0.15, 0.2) is 22.7 Å². The lowest BCUT2D eigenvalue weighted by Crippen LogP contribution is -2.20. The van der Waals surface area contributed by atoms with E-state index in [4.69, 9.17) is 16.3 Å². The van der Waals surface area contributed by atoms with E-state index < -0.39 is 11.4 Å². The Morgan fingerprint density at radius 3 is 2.59 bits per heavy atom. The van der Waals surface area contributed by atoms with E-state index in [0.29, 0.717) is 35.0 Å². The molecule has 2 aromatic heterocycles. The van der Waals surface area contributed by atoms with Crippen LogP contribution >= 0.6 is 11.6 Å². The molecule has 1 N–H and O–H groups in total. The van der Waals surface area contributed by atoms with Crippen molar-refractivity contribution in [2.24, 2.45) is 0 Å². The SMILES string of the molecule is CCn1cnc2c1c(=O)nc(Nc1ccc(OC(C)C)c(F)c1)n2Cc1ccc(Cl)cc1. The summed E-state index contributed by atoms with van der Waals surface area (Å²) >= 11 is 6.02. The normalized spacial score (nSPS) is 11.3. The average molecular weight is 456 g/mol. The molecule has 32 heavy (non-hydrogen) atoms. The van der Waals surface area contributed by atoms with Crippen LogP contribution in [0, 0.1) is 5.82 Å². The molecule has 0 aliphatic carbocycles. The van der Waals surface area contributed by atoms with Crippen molar-refractivity contribution in [3.8, 4) is 5.75 Å². The Balaban J connectivity index is 1.78. The Morgan fingerprint density at radius 1 is 1.19 bits per heavy atom. The molecule has 0 spiro atoms. The molecule has 166 valence electrons. The van der Waals surface area contributed by atoms with E-state index >= 15 is 0 Å². The summed E-state index contributed by atoms with van der Waals surface area (Å²) in [5, 5.41) is 3.70. The summed E-state index contributed by atoms with van der Waals surface area (Å²) in [7, 11) is 0. The van der Waals surface area contributed by atoms with Gasteiger partial charge in [-0.1, -0.05) is 23.7 Å². The average Bonchev–Trinajstić information content (AvgIpc) is 3.19. The summed E-state index contributed by atoms with van der Waals surface area (Å²) in [5.41, 5.74) is 1.88. The number of hydrogen-bond acceptors (Lipinski definition) is 5. The summed E-state index contributed by atoms with van der Waals surface area (Å²) in [4.78, 5) is 21.5. The first-order valence-electron chi connectivity index (χ1n) is 10.3. The molecule has 0 unspecified atom stereocenters. The number of imidazole rings is 1. The van der Waals surface area contributed by atoms with Crippen molar-refractivity contribution in [3.63, 3.8) is 0 Å². The molecule has 4 aromatic rings. The van der Waals surface area contributed by atoms with Gasteiger partial charge >= 0.3 is 5.56 Å². The minimum atomic E-state index is -0.508.